The lowest BCUT2D eigenvalue weighted by Gasteiger charge is -2.31. The first-order valence-electron chi connectivity index (χ1n) is 6.38. The van der Waals surface area contributed by atoms with Crippen LogP contribution < -0.4 is 0 Å². The van der Waals surface area contributed by atoms with E-state index in [1.165, 1.54) is 6.42 Å². The van der Waals surface area contributed by atoms with Gasteiger partial charge in [-0.3, -0.25) is 4.79 Å². The Bertz CT molecular complexity index is 201. The van der Waals surface area contributed by atoms with E-state index in [1.807, 2.05) is 0 Å². The Morgan fingerprint density at radius 3 is 2.20 bits per heavy atom. The van der Waals surface area contributed by atoms with Gasteiger partial charge in [0.2, 0.25) is 0 Å². The van der Waals surface area contributed by atoms with E-state index in [0.29, 0.717) is 25.2 Å². The molecule has 0 aromatic heterocycles. The first-order valence-corrected chi connectivity index (χ1v) is 6.38. The first-order chi connectivity index (χ1) is 7.12. The molecule has 0 spiro atoms. The van der Waals surface area contributed by atoms with E-state index in [0.717, 1.165) is 25.7 Å². The molecule has 0 saturated heterocycles. The Morgan fingerprint density at radius 2 is 1.73 bits per heavy atom. The Morgan fingerprint density at radius 1 is 1.20 bits per heavy atom. The molecule has 0 atom stereocenters. The molecule has 2 heteroatoms. The molecule has 0 radical (unpaired) electrons. The quantitative estimate of drug-likeness (QED) is 0.760. The van der Waals surface area contributed by atoms with Crippen LogP contribution >= 0.6 is 0 Å². The highest BCUT2D eigenvalue weighted by Gasteiger charge is 2.36. The van der Waals surface area contributed by atoms with E-state index in [-0.39, 0.29) is 5.78 Å². The van der Waals surface area contributed by atoms with Gasteiger partial charge in [0.1, 0.15) is 5.60 Å². The number of carbonyl (C=O) groups is 1. The fraction of sp³-hybridized carbons (Fsp3) is 0.923. The number of hydrogen-bond donors (Lipinski definition) is 1. The topological polar surface area (TPSA) is 37.3 Å². The summed E-state index contributed by atoms with van der Waals surface area (Å²) in [7, 11) is 0. The molecule has 0 amide bonds. The van der Waals surface area contributed by atoms with Gasteiger partial charge in [-0.05, 0) is 18.8 Å². The van der Waals surface area contributed by atoms with E-state index in [2.05, 4.69) is 13.8 Å². The van der Waals surface area contributed by atoms with Gasteiger partial charge in [0.15, 0.2) is 5.78 Å². The van der Waals surface area contributed by atoms with Crippen LogP contribution in [0.3, 0.4) is 0 Å². The van der Waals surface area contributed by atoms with E-state index in [9.17, 15) is 9.90 Å². The summed E-state index contributed by atoms with van der Waals surface area (Å²) in [6.07, 6.45) is 7.20. The molecule has 1 aliphatic rings. The molecule has 1 N–H and O–H groups in total. The Hall–Kier alpha value is -0.370. The van der Waals surface area contributed by atoms with Crippen LogP contribution in [0, 0.1) is 5.92 Å². The van der Waals surface area contributed by atoms with Crippen LogP contribution in [0.5, 0.6) is 0 Å². The molecule has 0 aromatic carbocycles. The molecule has 0 heterocycles. The van der Waals surface area contributed by atoms with Crippen molar-refractivity contribution in [1.82, 2.24) is 0 Å². The fourth-order valence-corrected chi connectivity index (χ4v) is 2.45. The SMILES string of the molecule is CCC(CC)CC(=O)C1(O)CCCCC1. The van der Waals surface area contributed by atoms with Crippen molar-refractivity contribution < 1.29 is 9.90 Å². The average Bonchev–Trinajstić information content (AvgIpc) is 2.26. The summed E-state index contributed by atoms with van der Waals surface area (Å²) in [5.41, 5.74) is -0.971. The van der Waals surface area contributed by atoms with Crippen molar-refractivity contribution in [1.29, 1.82) is 0 Å². The van der Waals surface area contributed by atoms with Crippen LogP contribution in [0.2, 0.25) is 0 Å². The van der Waals surface area contributed by atoms with Crippen LogP contribution in [0.25, 0.3) is 0 Å². The van der Waals surface area contributed by atoms with Crippen molar-refractivity contribution in [2.45, 2.75) is 70.8 Å². The maximum absolute atomic E-state index is 12.0. The van der Waals surface area contributed by atoms with Crippen molar-refractivity contribution >= 4 is 5.78 Å². The van der Waals surface area contributed by atoms with Gasteiger partial charge in [0.25, 0.3) is 0 Å². The molecule has 0 aliphatic heterocycles. The summed E-state index contributed by atoms with van der Waals surface area (Å²) < 4.78 is 0. The van der Waals surface area contributed by atoms with E-state index >= 15 is 0 Å². The number of rotatable bonds is 5. The monoisotopic (exact) mass is 212 g/mol. The van der Waals surface area contributed by atoms with Gasteiger partial charge in [-0.1, -0.05) is 46.0 Å². The van der Waals surface area contributed by atoms with E-state index in [4.69, 9.17) is 0 Å². The van der Waals surface area contributed by atoms with Gasteiger partial charge in [-0.2, -0.15) is 0 Å². The predicted octanol–water partition coefficient (Wildman–Crippen LogP) is 3.08. The molecule has 2 nitrogen and oxygen atoms in total. The van der Waals surface area contributed by atoms with Gasteiger partial charge >= 0.3 is 0 Å². The third kappa shape index (κ3) is 3.30. The van der Waals surface area contributed by atoms with Crippen LogP contribution in [-0.4, -0.2) is 16.5 Å². The number of ketones is 1. The zero-order valence-electron chi connectivity index (χ0n) is 10.1. The highest BCUT2D eigenvalue weighted by molar-refractivity contribution is 5.87. The van der Waals surface area contributed by atoms with Crippen LogP contribution in [0.1, 0.15) is 65.2 Å². The molecular weight excluding hydrogens is 188 g/mol. The van der Waals surface area contributed by atoms with Crippen molar-refractivity contribution in [2.24, 2.45) is 5.92 Å². The minimum absolute atomic E-state index is 0.0934. The molecule has 88 valence electrons. The summed E-state index contributed by atoms with van der Waals surface area (Å²) in [6.45, 7) is 4.23. The normalized spacial score (nSPS) is 20.5. The lowest BCUT2D eigenvalue weighted by atomic mass is 9.78. The number of Topliss-reactive ketones (excluding diaryl/α,β-unsaturated/α-hetero) is 1. The standard InChI is InChI=1S/C13H24O2/c1-3-11(4-2)10-12(14)13(15)8-6-5-7-9-13/h11,15H,3-10H2,1-2H3. The van der Waals surface area contributed by atoms with Gasteiger partial charge in [-0.15, -0.1) is 0 Å². The molecule has 0 aromatic rings. The lowest BCUT2D eigenvalue weighted by molar-refractivity contribution is -0.141. The highest BCUT2D eigenvalue weighted by Crippen LogP contribution is 2.31. The first kappa shape index (κ1) is 12.7. The average molecular weight is 212 g/mol. The molecule has 1 aliphatic carbocycles. The number of carbonyl (C=O) groups excluding carboxylic acids is 1. The Labute approximate surface area is 93.1 Å². The van der Waals surface area contributed by atoms with Crippen molar-refractivity contribution in [3.05, 3.63) is 0 Å². The minimum Gasteiger partial charge on any atom is -0.382 e. The molecule has 1 rings (SSSR count). The maximum Gasteiger partial charge on any atom is 0.164 e. The van der Waals surface area contributed by atoms with E-state index in [1.54, 1.807) is 0 Å². The number of aliphatic hydroxyl groups is 1. The smallest absolute Gasteiger partial charge is 0.164 e. The molecule has 1 saturated carbocycles. The lowest BCUT2D eigenvalue weighted by Crippen LogP contribution is -2.41. The summed E-state index contributed by atoms with van der Waals surface area (Å²) in [5, 5.41) is 10.2. The van der Waals surface area contributed by atoms with Crippen LogP contribution in [-0.2, 0) is 4.79 Å². The van der Waals surface area contributed by atoms with Gasteiger partial charge in [-0.25, -0.2) is 0 Å². The predicted molar refractivity (Wildman–Crippen MR) is 61.7 cm³/mol. The second kappa shape index (κ2) is 5.64. The zero-order valence-corrected chi connectivity index (χ0v) is 10.1. The van der Waals surface area contributed by atoms with Crippen LogP contribution in [0.15, 0.2) is 0 Å². The molecule has 15 heavy (non-hydrogen) atoms. The summed E-state index contributed by atoms with van der Waals surface area (Å²) in [5.74, 6) is 0.555. The van der Waals surface area contributed by atoms with Crippen LogP contribution in [0.4, 0.5) is 0 Å². The second-order valence-electron chi connectivity index (χ2n) is 4.90. The fourth-order valence-electron chi connectivity index (χ4n) is 2.45. The summed E-state index contributed by atoms with van der Waals surface area (Å²) in [6, 6.07) is 0. The van der Waals surface area contributed by atoms with Crippen molar-refractivity contribution in [2.75, 3.05) is 0 Å². The number of hydrogen-bond acceptors (Lipinski definition) is 2. The highest BCUT2D eigenvalue weighted by atomic mass is 16.3. The molecular formula is C13H24O2. The third-order valence-corrected chi connectivity index (χ3v) is 3.83. The summed E-state index contributed by atoms with van der Waals surface area (Å²) >= 11 is 0. The minimum atomic E-state index is -0.971. The Kier molecular flexibility index (Phi) is 4.78. The van der Waals surface area contributed by atoms with Gasteiger partial charge in [0.05, 0.1) is 0 Å². The van der Waals surface area contributed by atoms with Crippen molar-refractivity contribution in [3.63, 3.8) is 0 Å². The van der Waals surface area contributed by atoms with E-state index < -0.39 is 5.60 Å². The zero-order chi connectivity index (χ0) is 11.3. The third-order valence-electron chi connectivity index (χ3n) is 3.83. The molecule has 0 unspecified atom stereocenters. The largest absolute Gasteiger partial charge is 0.382 e. The van der Waals surface area contributed by atoms with Crippen molar-refractivity contribution in [3.8, 4) is 0 Å². The molecule has 1 fully saturated rings. The second-order valence-corrected chi connectivity index (χ2v) is 4.90. The Balaban J connectivity index is 2.50. The van der Waals surface area contributed by atoms with Gasteiger partial charge in [0, 0.05) is 6.42 Å². The maximum atomic E-state index is 12.0. The summed E-state index contributed by atoms with van der Waals surface area (Å²) in [4.78, 5) is 12.0. The molecule has 0 bridgehead atoms. The van der Waals surface area contributed by atoms with Gasteiger partial charge < -0.3 is 5.11 Å².